The van der Waals surface area contributed by atoms with Gasteiger partial charge in [-0.25, -0.2) is 4.79 Å². The summed E-state index contributed by atoms with van der Waals surface area (Å²) in [5, 5.41) is 13.3. The normalized spacial score (nSPS) is 12.6. The number of ether oxygens (including phenoxy) is 2. The second-order valence-corrected chi connectivity index (χ2v) is 3.82. The molecule has 0 aliphatic heterocycles. The van der Waals surface area contributed by atoms with E-state index in [1.807, 2.05) is 0 Å². The molecule has 0 aromatic rings. The molecule has 0 rings (SSSR count). The van der Waals surface area contributed by atoms with Crippen LogP contribution in [0.15, 0.2) is 0 Å². The first-order valence-electron chi connectivity index (χ1n) is 5.25. The fraction of sp³-hybridized carbons (Fsp3) is 0.800. The van der Waals surface area contributed by atoms with Crippen LogP contribution in [0.3, 0.4) is 0 Å². The maximum absolute atomic E-state index is 11.7. The van der Waals surface area contributed by atoms with Crippen LogP contribution in [0.1, 0.15) is 13.8 Å². The maximum Gasteiger partial charge on any atom is 0.405 e. The summed E-state index contributed by atoms with van der Waals surface area (Å²) in [6.07, 6.45) is -1.77. The number of amides is 2. The molecule has 0 saturated carbocycles. The number of carboxylic acid groups (broad SMARTS) is 1. The Morgan fingerprint density at radius 2 is 1.76 bits per heavy atom. The molecule has 0 aliphatic carbocycles. The van der Waals surface area contributed by atoms with Crippen molar-refractivity contribution < 1.29 is 24.2 Å². The van der Waals surface area contributed by atoms with Crippen LogP contribution in [0.5, 0.6) is 0 Å². The molecule has 1 unspecified atom stereocenters. The number of carbonyl (C=O) groups excluding carboxylic acids is 1. The summed E-state index contributed by atoms with van der Waals surface area (Å²) in [5.74, 6) is -0.545. The number of methoxy groups -OCH3 is 2. The van der Waals surface area contributed by atoms with E-state index in [-0.39, 0.29) is 12.5 Å². The van der Waals surface area contributed by atoms with Gasteiger partial charge in [-0.1, -0.05) is 13.8 Å². The Labute approximate surface area is 100 Å². The second-order valence-electron chi connectivity index (χ2n) is 3.82. The third-order valence-electron chi connectivity index (χ3n) is 2.20. The van der Waals surface area contributed by atoms with Crippen molar-refractivity contribution in [3.05, 3.63) is 0 Å². The Morgan fingerprint density at radius 1 is 1.24 bits per heavy atom. The van der Waals surface area contributed by atoms with E-state index in [1.165, 1.54) is 14.2 Å². The number of rotatable bonds is 7. The van der Waals surface area contributed by atoms with Crippen molar-refractivity contribution in [3.8, 4) is 0 Å². The smallest absolute Gasteiger partial charge is 0.405 e. The monoisotopic (exact) mass is 248 g/mol. The van der Waals surface area contributed by atoms with E-state index in [4.69, 9.17) is 14.6 Å². The third kappa shape index (κ3) is 6.08. The fourth-order valence-electron chi connectivity index (χ4n) is 1.22. The van der Waals surface area contributed by atoms with Gasteiger partial charge < -0.3 is 25.2 Å². The zero-order valence-electron chi connectivity index (χ0n) is 10.5. The quantitative estimate of drug-likeness (QED) is 0.552. The minimum absolute atomic E-state index is 0.144. The van der Waals surface area contributed by atoms with Crippen LogP contribution in [-0.2, 0) is 14.3 Å². The summed E-state index contributed by atoms with van der Waals surface area (Å²) in [6.45, 7) is 3.67. The zero-order valence-corrected chi connectivity index (χ0v) is 10.5. The lowest BCUT2D eigenvalue weighted by Crippen LogP contribution is -2.50. The van der Waals surface area contributed by atoms with Crippen LogP contribution in [0, 0.1) is 5.92 Å². The molecule has 0 fully saturated rings. The van der Waals surface area contributed by atoms with Gasteiger partial charge in [-0.3, -0.25) is 4.79 Å². The van der Waals surface area contributed by atoms with E-state index < -0.39 is 24.3 Å². The Balaban J connectivity index is 4.28. The van der Waals surface area contributed by atoms with Gasteiger partial charge in [0.2, 0.25) is 5.91 Å². The maximum atomic E-state index is 11.7. The highest BCUT2D eigenvalue weighted by Crippen LogP contribution is 2.02. The third-order valence-corrected chi connectivity index (χ3v) is 2.20. The fourth-order valence-corrected chi connectivity index (χ4v) is 1.22. The zero-order chi connectivity index (χ0) is 13.4. The summed E-state index contributed by atoms with van der Waals surface area (Å²) >= 11 is 0. The second kappa shape index (κ2) is 7.86. The number of carbonyl (C=O) groups is 2. The molecule has 0 heterocycles. The number of hydrogen-bond acceptors (Lipinski definition) is 4. The first-order valence-corrected chi connectivity index (χ1v) is 5.25. The molecule has 2 amide bonds. The summed E-state index contributed by atoms with van der Waals surface area (Å²) < 4.78 is 9.80. The van der Waals surface area contributed by atoms with Crippen LogP contribution in [0.4, 0.5) is 4.79 Å². The minimum Gasteiger partial charge on any atom is -0.465 e. The molecule has 0 radical (unpaired) electrons. The van der Waals surface area contributed by atoms with E-state index in [9.17, 15) is 9.59 Å². The summed E-state index contributed by atoms with van der Waals surface area (Å²) in [4.78, 5) is 22.2. The minimum atomic E-state index is -1.23. The van der Waals surface area contributed by atoms with Crippen molar-refractivity contribution in [1.29, 1.82) is 0 Å². The number of hydrogen-bond donors (Lipinski definition) is 3. The molecule has 3 N–H and O–H groups in total. The van der Waals surface area contributed by atoms with Gasteiger partial charge in [-0.2, -0.15) is 0 Å². The van der Waals surface area contributed by atoms with Gasteiger partial charge in [0.15, 0.2) is 6.29 Å². The van der Waals surface area contributed by atoms with Gasteiger partial charge in [0, 0.05) is 14.2 Å². The molecule has 7 nitrogen and oxygen atoms in total. The lowest BCUT2D eigenvalue weighted by atomic mass is 10.0. The highest BCUT2D eigenvalue weighted by Gasteiger charge is 2.24. The molecule has 0 bridgehead atoms. The first-order chi connectivity index (χ1) is 7.92. The van der Waals surface area contributed by atoms with Gasteiger partial charge >= 0.3 is 6.09 Å². The predicted molar refractivity (Wildman–Crippen MR) is 60.6 cm³/mol. The Bertz CT molecular complexity index is 253. The van der Waals surface area contributed by atoms with E-state index in [1.54, 1.807) is 13.8 Å². The van der Waals surface area contributed by atoms with Gasteiger partial charge in [0.1, 0.15) is 6.04 Å². The van der Waals surface area contributed by atoms with Crippen LogP contribution < -0.4 is 10.6 Å². The molecule has 1 atom stereocenters. The number of nitrogens with one attached hydrogen (secondary N) is 2. The summed E-state index contributed by atoms with van der Waals surface area (Å²) in [5.41, 5.74) is 0. The van der Waals surface area contributed by atoms with Crippen molar-refractivity contribution in [1.82, 2.24) is 10.6 Å². The molecule has 7 heteroatoms. The molecular formula is C10H20N2O5. The highest BCUT2D eigenvalue weighted by molar-refractivity contribution is 5.85. The average Bonchev–Trinajstić information content (AvgIpc) is 2.26. The van der Waals surface area contributed by atoms with E-state index in [2.05, 4.69) is 10.6 Å². The molecule has 17 heavy (non-hydrogen) atoms. The lowest BCUT2D eigenvalue weighted by molar-refractivity contribution is -0.130. The average molecular weight is 248 g/mol. The Morgan fingerprint density at radius 3 is 2.12 bits per heavy atom. The highest BCUT2D eigenvalue weighted by atomic mass is 16.7. The van der Waals surface area contributed by atoms with Crippen LogP contribution in [0.2, 0.25) is 0 Å². The van der Waals surface area contributed by atoms with Gasteiger partial charge in [-0.05, 0) is 5.92 Å². The van der Waals surface area contributed by atoms with Crippen LogP contribution >= 0.6 is 0 Å². The van der Waals surface area contributed by atoms with Crippen molar-refractivity contribution in [2.45, 2.75) is 26.2 Å². The van der Waals surface area contributed by atoms with Gasteiger partial charge in [0.05, 0.1) is 6.54 Å². The van der Waals surface area contributed by atoms with E-state index in [0.717, 1.165) is 0 Å². The molecule has 100 valence electrons. The summed E-state index contributed by atoms with van der Waals surface area (Å²) in [7, 11) is 2.91. The molecule has 0 spiro atoms. The van der Waals surface area contributed by atoms with Crippen LogP contribution in [-0.4, -0.2) is 50.2 Å². The SMILES string of the molecule is COC(CNC(=O)C(NC(=O)O)C(C)C)OC. The van der Waals surface area contributed by atoms with E-state index in [0.29, 0.717) is 0 Å². The predicted octanol–water partition coefficient (Wildman–Crippen LogP) is 0.0137. The van der Waals surface area contributed by atoms with E-state index >= 15 is 0 Å². The topological polar surface area (TPSA) is 96.9 Å². The lowest BCUT2D eigenvalue weighted by Gasteiger charge is -2.21. The van der Waals surface area contributed by atoms with Gasteiger partial charge in [-0.15, -0.1) is 0 Å². The van der Waals surface area contributed by atoms with Crippen molar-refractivity contribution in [2.75, 3.05) is 20.8 Å². The summed E-state index contributed by atoms with van der Waals surface area (Å²) in [6, 6.07) is -0.790. The molecule has 0 saturated heterocycles. The molecular weight excluding hydrogens is 228 g/mol. The Kier molecular flexibility index (Phi) is 7.24. The molecule has 0 aromatic heterocycles. The van der Waals surface area contributed by atoms with Crippen molar-refractivity contribution in [2.24, 2.45) is 5.92 Å². The van der Waals surface area contributed by atoms with Crippen LogP contribution in [0.25, 0.3) is 0 Å². The van der Waals surface area contributed by atoms with Crippen molar-refractivity contribution in [3.63, 3.8) is 0 Å². The largest absolute Gasteiger partial charge is 0.465 e. The van der Waals surface area contributed by atoms with Crippen molar-refractivity contribution >= 4 is 12.0 Å². The first kappa shape index (κ1) is 15.7. The Hall–Kier alpha value is -1.34. The molecule has 0 aromatic carbocycles. The standard InChI is InChI=1S/C10H20N2O5/c1-6(2)8(12-10(14)15)9(13)11-5-7(16-3)17-4/h6-8,12H,5H2,1-4H3,(H,11,13)(H,14,15). The van der Waals surface area contributed by atoms with Gasteiger partial charge in [0.25, 0.3) is 0 Å². The molecule has 0 aliphatic rings.